The number of nitrogens with one attached hydrogen (secondary N) is 2. The highest BCUT2D eigenvalue weighted by Gasteiger charge is 2.17. The van der Waals surface area contributed by atoms with E-state index < -0.39 is 12.0 Å². The maximum Gasteiger partial charge on any atom is 0.319 e. The molecule has 0 radical (unpaired) electrons. The molecule has 7 nitrogen and oxygen atoms in total. The minimum absolute atomic E-state index is 0.300. The van der Waals surface area contributed by atoms with Gasteiger partial charge in [-0.05, 0) is 18.2 Å². The fourth-order valence-electron chi connectivity index (χ4n) is 1.87. The number of amides is 2. The highest BCUT2D eigenvalue weighted by molar-refractivity contribution is 5.89. The summed E-state index contributed by atoms with van der Waals surface area (Å²) in [6.07, 6.45) is 2.88. The van der Waals surface area contributed by atoms with Crippen molar-refractivity contribution < 1.29 is 13.9 Å². The van der Waals surface area contributed by atoms with Gasteiger partial charge in [0.2, 0.25) is 5.95 Å². The number of hydrogen-bond acceptors (Lipinski definition) is 4. The predicted octanol–water partition coefficient (Wildman–Crippen LogP) is 1.46. The Hall–Kier alpha value is -2.48. The third-order valence-corrected chi connectivity index (χ3v) is 2.84. The molecule has 2 amide bonds. The summed E-state index contributed by atoms with van der Waals surface area (Å²) in [5, 5.41) is 9.40. The molecule has 0 bridgehead atoms. The fourth-order valence-corrected chi connectivity index (χ4v) is 1.87. The molecule has 2 aromatic heterocycles. The van der Waals surface area contributed by atoms with Crippen molar-refractivity contribution in [2.45, 2.75) is 6.04 Å². The molecule has 112 valence electrons. The molecule has 21 heavy (non-hydrogen) atoms. The third-order valence-electron chi connectivity index (χ3n) is 2.84. The second-order valence-electron chi connectivity index (χ2n) is 4.36. The van der Waals surface area contributed by atoms with E-state index in [0.29, 0.717) is 12.3 Å². The van der Waals surface area contributed by atoms with Crippen LogP contribution < -0.4 is 10.6 Å². The van der Waals surface area contributed by atoms with Gasteiger partial charge in [0.15, 0.2) is 0 Å². The first-order chi connectivity index (χ1) is 10.1. The number of carbonyl (C=O) groups excluding carboxylic acids is 1. The van der Waals surface area contributed by atoms with Gasteiger partial charge in [0, 0.05) is 20.4 Å². The number of urea groups is 1. The molecule has 0 unspecified atom stereocenters. The summed E-state index contributed by atoms with van der Waals surface area (Å²) in [5.74, 6) is -0.604. The van der Waals surface area contributed by atoms with E-state index in [9.17, 15) is 9.18 Å². The van der Waals surface area contributed by atoms with Crippen LogP contribution in [0.5, 0.6) is 0 Å². The number of rotatable bonds is 5. The number of aromatic nitrogens is 3. The zero-order valence-corrected chi connectivity index (χ0v) is 11.7. The Morgan fingerprint density at radius 1 is 1.48 bits per heavy atom. The maximum absolute atomic E-state index is 12.7. The number of halogens is 1. The summed E-state index contributed by atoms with van der Waals surface area (Å²) in [4.78, 5) is 15.4. The van der Waals surface area contributed by atoms with Crippen LogP contribution in [0, 0.1) is 5.95 Å². The molecule has 0 fully saturated rings. The lowest BCUT2D eigenvalue weighted by Gasteiger charge is -2.18. The summed E-state index contributed by atoms with van der Waals surface area (Å²) in [6, 6.07) is 3.60. The van der Waals surface area contributed by atoms with Gasteiger partial charge in [-0.15, -0.1) is 0 Å². The molecule has 0 spiro atoms. The van der Waals surface area contributed by atoms with E-state index in [1.54, 1.807) is 31.1 Å². The number of pyridine rings is 1. The van der Waals surface area contributed by atoms with Gasteiger partial charge in [-0.3, -0.25) is 4.68 Å². The van der Waals surface area contributed by atoms with E-state index in [2.05, 4.69) is 20.7 Å². The van der Waals surface area contributed by atoms with Crippen LogP contribution in [-0.4, -0.2) is 34.5 Å². The zero-order chi connectivity index (χ0) is 15.2. The van der Waals surface area contributed by atoms with Crippen molar-refractivity contribution in [3.05, 3.63) is 42.2 Å². The molecule has 1 atom stereocenters. The summed E-state index contributed by atoms with van der Waals surface area (Å²) < 4.78 is 19.5. The van der Waals surface area contributed by atoms with Crippen LogP contribution in [0.3, 0.4) is 0 Å². The highest BCUT2D eigenvalue weighted by atomic mass is 19.1. The Labute approximate surface area is 121 Å². The molecule has 2 heterocycles. The molecular weight excluding hydrogens is 277 g/mol. The number of ether oxygens (including phenoxy) is 1. The number of hydrogen-bond donors (Lipinski definition) is 2. The van der Waals surface area contributed by atoms with Gasteiger partial charge in [0.05, 0.1) is 30.2 Å². The van der Waals surface area contributed by atoms with E-state index in [-0.39, 0.29) is 6.04 Å². The molecule has 2 N–H and O–H groups in total. The number of aryl methyl sites for hydroxylation is 1. The lowest BCUT2D eigenvalue weighted by Crippen LogP contribution is -2.35. The molecule has 2 aromatic rings. The van der Waals surface area contributed by atoms with Gasteiger partial charge in [-0.2, -0.15) is 9.49 Å². The van der Waals surface area contributed by atoms with Crippen LogP contribution in [0.15, 0.2) is 30.6 Å². The summed E-state index contributed by atoms with van der Waals surface area (Å²) in [7, 11) is 3.33. The summed E-state index contributed by atoms with van der Waals surface area (Å²) >= 11 is 0. The summed E-state index contributed by atoms with van der Waals surface area (Å²) in [6.45, 7) is 0.300. The molecular formula is C13H16FN5O2. The van der Waals surface area contributed by atoms with Crippen LogP contribution in [-0.2, 0) is 11.8 Å². The van der Waals surface area contributed by atoms with Crippen LogP contribution in [0.25, 0.3) is 0 Å². The highest BCUT2D eigenvalue weighted by Crippen LogP contribution is 2.12. The lowest BCUT2D eigenvalue weighted by molar-refractivity contribution is 0.165. The maximum atomic E-state index is 12.7. The molecule has 0 aliphatic carbocycles. The number of nitrogens with zero attached hydrogens (tertiary/aromatic N) is 3. The van der Waals surface area contributed by atoms with Crippen LogP contribution in [0.4, 0.5) is 14.9 Å². The SMILES string of the molecule is COC[C@H](NC(=O)Nc1ccc(F)nc1)c1ccnn1C. The molecule has 0 aliphatic rings. The van der Waals surface area contributed by atoms with Crippen molar-refractivity contribution in [2.24, 2.45) is 7.05 Å². The minimum atomic E-state index is -0.604. The third kappa shape index (κ3) is 3.99. The fraction of sp³-hybridized carbons (Fsp3) is 0.308. The number of methoxy groups -OCH3 is 1. The lowest BCUT2D eigenvalue weighted by atomic mass is 10.2. The first kappa shape index (κ1) is 14.9. The Morgan fingerprint density at radius 3 is 2.86 bits per heavy atom. The smallest absolute Gasteiger partial charge is 0.319 e. The topological polar surface area (TPSA) is 81.1 Å². The molecule has 0 aromatic carbocycles. The number of carbonyl (C=O) groups is 1. The van der Waals surface area contributed by atoms with Crippen molar-refractivity contribution >= 4 is 11.7 Å². The zero-order valence-electron chi connectivity index (χ0n) is 11.7. The normalized spacial score (nSPS) is 12.0. The van der Waals surface area contributed by atoms with Gasteiger partial charge in [0.1, 0.15) is 0 Å². The van der Waals surface area contributed by atoms with E-state index in [0.717, 1.165) is 5.69 Å². The second-order valence-corrected chi connectivity index (χ2v) is 4.36. The monoisotopic (exact) mass is 293 g/mol. The van der Waals surface area contributed by atoms with Gasteiger partial charge in [-0.25, -0.2) is 9.78 Å². The van der Waals surface area contributed by atoms with Crippen LogP contribution in [0.1, 0.15) is 11.7 Å². The predicted molar refractivity (Wildman–Crippen MR) is 74.2 cm³/mol. The van der Waals surface area contributed by atoms with Crippen molar-refractivity contribution in [1.82, 2.24) is 20.1 Å². The second kappa shape index (κ2) is 6.80. The van der Waals surface area contributed by atoms with Gasteiger partial charge in [0.25, 0.3) is 0 Å². The minimum Gasteiger partial charge on any atom is -0.382 e. The van der Waals surface area contributed by atoms with Gasteiger partial charge in [-0.1, -0.05) is 0 Å². The first-order valence-electron chi connectivity index (χ1n) is 6.26. The van der Waals surface area contributed by atoms with Crippen molar-refractivity contribution in [1.29, 1.82) is 0 Å². The van der Waals surface area contributed by atoms with E-state index in [1.807, 2.05) is 0 Å². The Morgan fingerprint density at radius 2 is 2.29 bits per heavy atom. The average Bonchev–Trinajstić information content (AvgIpc) is 2.87. The van der Waals surface area contributed by atoms with Crippen LogP contribution >= 0.6 is 0 Å². The van der Waals surface area contributed by atoms with Gasteiger partial charge >= 0.3 is 6.03 Å². The molecule has 0 saturated heterocycles. The van der Waals surface area contributed by atoms with Crippen molar-refractivity contribution in [2.75, 3.05) is 19.0 Å². The van der Waals surface area contributed by atoms with E-state index >= 15 is 0 Å². The average molecular weight is 293 g/mol. The largest absolute Gasteiger partial charge is 0.382 e. The number of anilines is 1. The Kier molecular flexibility index (Phi) is 4.83. The quantitative estimate of drug-likeness (QED) is 0.818. The van der Waals surface area contributed by atoms with Gasteiger partial charge < -0.3 is 15.4 Å². The Balaban J connectivity index is 2.01. The molecule has 0 aliphatic heterocycles. The van der Waals surface area contributed by atoms with E-state index in [1.165, 1.54) is 18.3 Å². The molecule has 0 saturated carbocycles. The van der Waals surface area contributed by atoms with E-state index in [4.69, 9.17) is 4.74 Å². The standard InChI is InChI=1S/C13H16FN5O2/c1-19-11(5-6-16-19)10(8-21-2)18-13(20)17-9-3-4-12(14)15-7-9/h3-7,10H,8H2,1-2H3,(H2,17,18,20)/t10-/m0/s1. The van der Waals surface area contributed by atoms with Crippen molar-refractivity contribution in [3.8, 4) is 0 Å². The first-order valence-corrected chi connectivity index (χ1v) is 6.26. The van der Waals surface area contributed by atoms with Crippen LogP contribution in [0.2, 0.25) is 0 Å². The summed E-state index contributed by atoms with van der Waals surface area (Å²) in [5.41, 5.74) is 1.21. The Bertz CT molecular complexity index is 599. The van der Waals surface area contributed by atoms with Crippen molar-refractivity contribution in [3.63, 3.8) is 0 Å². The molecule has 2 rings (SSSR count). The molecule has 8 heteroatoms.